The molecule has 6 heteroatoms. The number of aromatic nitrogens is 1. The largest absolute Gasteiger partial charge is 0.478 e. The Balaban J connectivity index is 1.96. The molecule has 0 radical (unpaired) electrons. The van der Waals surface area contributed by atoms with Crippen LogP contribution in [0.2, 0.25) is 0 Å². The van der Waals surface area contributed by atoms with Crippen LogP contribution in [-0.2, 0) is 9.53 Å². The maximum Gasteiger partial charge on any atom is 0.337 e. The third-order valence-corrected chi connectivity index (χ3v) is 2.74. The first-order valence-corrected chi connectivity index (χ1v) is 5.65. The maximum absolute atomic E-state index is 11.8. The monoisotopic (exact) mass is 251 g/mol. The van der Waals surface area contributed by atoms with E-state index in [0.717, 1.165) is 6.20 Å². The minimum Gasteiger partial charge on any atom is -0.478 e. The van der Waals surface area contributed by atoms with Crippen molar-refractivity contribution in [2.45, 2.75) is 12.8 Å². The zero-order chi connectivity index (χ0) is 13.0. The fourth-order valence-corrected chi connectivity index (χ4v) is 1.69. The van der Waals surface area contributed by atoms with E-state index in [4.69, 9.17) is 14.6 Å². The van der Waals surface area contributed by atoms with Crippen LogP contribution in [0.5, 0.6) is 5.88 Å². The maximum atomic E-state index is 11.8. The molecule has 2 heterocycles. The Labute approximate surface area is 104 Å². The first kappa shape index (κ1) is 12.5. The van der Waals surface area contributed by atoms with Gasteiger partial charge < -0.3 is 14.6 Å². The fourth-order valence-electron chi connectivity index (χ4n) is 1.69. The van der Waals surface area contributed by atoms with E-state index in [1.165, 1.54) is 12.1 Å². The lowest BCUT2D eigenvalue weighted by molar-refractivity contribution is -0.142. The van der Waals surface area contributed by atoms with E-state index >= 15 is 0 Å². The summed E-state index contributed by atoms with van der Waals surface area (Å²) < 4.78 is 10.2. The molecule has 18 heavy (non-hydrogen) atoms. The van der Waals surface area contributed by atoms with Gasteiger partial charge in [0.2, 0.25) is 5.88 Å². The summed E-state index contributed by atoms with van der Waals surface area (Å²) in [6.45, 7) is 1.12. The number of hydrogen-bond donors (Lipinski definition) is 1. The molecule has 1 aromatic heterocycles. The Bertz CT molecular complexity index is 436. The Kier molecular flexibility index (Phi) is 3.88. The molecule has 1 aromatic rings. The second kappa shape index (κ2) is 5.59. The van der Waals surface area contributed by atoms with E-state index in [1.807, 2.05) is 0 Å². The second-order valence-corrected chi connectivity index (χ2v) is 4.00. The molecule has 96 valence electrons. The van der Waals surface area contributed by atoms with Crippen LogP contribution < -0.4 is 4.74 Å². The Morgan fingerprint density at radius 1 is 1.33 bits per heavy atom. The summed E-state index contributed by atoms with van der Waals surface area (Å²) in [4.78, 5) is 26.2. The molecule has 1 saturated heterocycles. The number of ether oxygens (including phenoxy) is 2. The van der Waals surface area contributed by atoms with E-state index < -0.39 is 5.97 Å². The van der Waals surface area contributed by atoms with Crippen LogP contribution in [0.25, 0.3) is 0 Å². The number of pyridine rings is 1. The number of carbonyl (C=O) groups excluding carboxylic acids is 1. The van der Waals surface area contributed by atoms with Gasteiger partial charge in [-0.2, -0.15) is 0 Å². The molecule has 1 fully saturated rings. The lowest BCUT2D eigenvalue weighted by Gasteiger charge is -2.19. The number of rotatable bonds is 3. The summed E-state index contributed by atoms with van der Waals surface area (Å²) in [5, 5.41) is 8.70. The summed E-state index contributed by atoms with van der Waals surface area (Å²) in [5.74, 6) is -1.45. The van der Waals surface area contributed by atoms with Crippen molar-refractivity contribution in [1.82, 2.24) is 4.98 Å². The van der Waals surface area contributed by atoms with Crippen LogP contribution in [0.15, 0.2) is 18.3 Å². The topological polar surface area (TPSA) is 85.7 Å². The van der Waals surface area contributed by atoms with Gasteiger partial charge in [0, 0.05) is 25.5 Å². The zero-order valence-corrected chi connectivity index (χ0v) is 9.67. The first-order chi connectivity index (χ1) is 8.66. The standard InChI is InChI=1S/C12H13NO5/c14-11(15)9-1-2-10(13-7-9)18-12(16)8-3-5-17-6-4-8/h1-2,7-8H,3-6H2,(H,14,15). The molecule has 1 aliphatic rings. The molecule has 1 N–H and O–H groups in total. The van der Waals surface area contributed by atoms with E-state index in [1.54, 1.807) is 0 Å². The number of hydrogen-bond acceptors (Lipinski definition) is 5. The van der Waals surface area contributed by atoms with Gasteiger partial charge in [-0.15, -0.1) is 0 Å². The lowest BCUT2D eigenvalue weighted by Crippen LogP contribution is -2.27. The molecule has 0 amide bonds. The Morgan fingerprint density at radius 2 is 2.06 bits per heavy atom. The van der Waals surface area contributed by atoms with Crippen molar-refractivity contribution in [1.29, 1.82) is 0 Å². The predicted molar refractivity (Wildman–Crippen MR) is 60.4 cm³/mol. The summed E-state index contributed by atoms with van der Waals surface area (Å²) in [5.41, 5.74) is 0.0564. The fraction of sp³-hybridized carbons (Fsp3) is 0.417. The average molecular weight is 251 g/mol. The highest BCUT2D eigenvalue weighted by Crippen LogP contribution is 2.18. The van der Waals surface area contributed by atoms with Crippen molar-refractivity contribution in [3.63, 3.8) is 0 Å². The summed E-state index contributed by atoms with van der Waals surface area (Å²) in [7, 11) is 0. The van der Waals surface area contributed by atoms with Crippen LogP contribution >= 0.6 is 0 Å². The van der Waals surface area contributed by atoms with Gasteiger partial charge in [0.1, 0.15) is 0 Å². The number of carboxylic acids is 1. The molecule has 1 aliphatic heterocycles. The van der Waals surface area contributed by atoms with Crippen molar-refractivity contribution >= 4 is 11.9 Å². The highest BCUT2D eigenvalue weighted by molar-refractivity contribution is 5.87. The predicted octanol–water partition coefficient (Wildman–Crippen LogP) is 1.11. The molecule has 0 unspecified atom stereocenters. The highest BCUT2D eigenvalue weighted by Gasteiger charge is 2.23. The number of esters is 1. The molecule has 0 atom stereocenters. The van der Waals surface area contributed by atoms with Crippen molar-refractivity contribution in [2.75, 3.05) is 13.2 Å². The Morgan fingerprint density at radius 3 is 2.61 bits per heavy atom. The third-order valence-electron chi connectivity index (χ3n) is 2.74. The summed E-state index contributed by atoms with van der Waals surface area (Å²) in [6, 6.07) is 2.72. The van der Waals surface area contributed by atoms with E-state index in [-0.39, 0.29) is 23.3 Å². The van der Waals surface area contributed by atoms with Crippen molar-refractivity contribution in [3.8, 4) is 5.88 Å². The molecule has 0 aliphatic carbocycles. The van der Waals surface area contributed by atoms with Gasteiger partial charge in [0.05, 0.1) is 11.5 Å². The quantitative estimate of drug-likeness (QED) is 0.810. The van der Waals surface area contributed by atoms with Crippen LogP contribution in [0, 0.1) is 5.92 Å². The number of nitrogens with zero attached hydrogens (tertiary/aromatic N) is 1. The number of carbonyl (C=O) groups is 2. The van der Waals surface area contributed by atoms with E-state index in [9.17, 15) is 9.59 Å². The zero-order valence-electron chi connectivity index (χ0n) is 9.67. The molecule has 2 rings (SSSR count). The SMILES string of the molecule is O=C(O)c1ccc(OC(=O)C2CCOCC2)nc1. The second-order valence-electron chi connectivity index (χ2n) is 4.00. The lowest BCUT2D eigenvalue weighted by atomic mass is 10.0. The normalized spacial score (nSPS) is 16.2. The van der Waals surface area contributed by atoms with Gasteiger partial charge in [-0.1, -0.05) is 0 Å². The smallest absolute Gasteiger partial charge is 0.337 e. The van der Waals surface area contributed by atoms with Gasteiger partial charge in [0.25, 0.3) is 0 Å². The van der Waals surface area contributed by atoms with Crippen LogP contribution in [0.4, 0.5) is 0 Å². The Hall–Kier alpha value is -1.95. The molecule has 6 nitrogen and oxygen atoms in total. The molecule has 0 aromatic carbocycles. The molecular weight excluding hydrogens is 238 g/mol. The van der Waals surface area contributed by atoms with Crippen LogP contribution in [0.1, 0.15) is 23.2 Å². The van der Waals surface area contributed by atoms with Crippen molar-refractivity contribution in [3.05, 3.63) is 23.9 Å². The number of carboxylic acid groups (broad SMARTS) is 1. The van der Waals surface area contributed by atoms with Crippen LogP contribution in [0.3, 0.4) is 0 Å². The molecule has 0 bridgehead atoms. The minimum atomic E-state index is -1.06. The molecule has 0 spiro atoms. The van der Waals surface area contributed by atoms with Crippen molar-refractivity contribution in [2.24, 2.45) is 5.92 Å². The van der Waals surface area contributed by atoms with Gasteiger partial charge >= 0.3 is 11.9 Å². The minimum absolute atomic E-state index is 0.0564. The third kappa shape index (κ3) is 3.04. The highest BCUT2D eigenvalue weighted by atomic mass is 16.5. The number of aromatic carboxylic acids is 1. The van der Waals surface area contributed by atoms with Crippen molar-refractivity contribution < 1.29 is 24.2 Å². The molecule has 0 saturated carbocycles. The summed E-state index contributed by atoms with van der Waals surface area (Å²) >= 11 is 0. The molecular formula is C12H13NO5. The average Bonchev–Trinajstić information content (AvgIpc) is 2.40. The van der Waals surface area contributed by atoms with Gasteiger partial charge in [-0.3, -0.25) is 4.79 Å². The van der Waals surface area contributed by atoms with Crippen LogP contribution in [-0.4, -0.2) is 35.2 Å². The van der Waals surface area contributed by atoms with Gasteiger partial charge in [-0.05, 0) is 18.9 Å². The van der Waals surface area contributed by atoms with E-state index in [0.29, 0.717) is 26.1 Å². The van der Waals surface area contributed by atoms with E-state index in [2.05, 4.69) is 4.98 Å². The first-order valence-electron chi connectivity index (χ1n) is 5.65. The summed E-state index contributed by atoms with van der Waals surface area (Å²) in [6.07, 6.45) is 2.45. The van der Waals surface area contributed by atoms with Gasteiger partial charge in [0.15, 0.2) is 0 Å². The van der Waals surface area contributed by atoms with Gasteiger partial charge in [-0.25, -0.2) is 9.78 Å².